The van der Waals surface area contributed by atoms with E-state index in [0.717, 1.165) is 39.0 Å². The van der Waals surface area contributed by atoms with Crippen molar-refractivity contribution in [2.75, 3.05) is 40.4 Å². The van der Waals surface area contributed by atoms with Crippen molar-refractivity contribution in [3.05, 3.63) is 17.5 Å². The molecule has 0 spiro atoms. The van der Waals surface area contributed by atoms with Gasteiger partial charge >= 0.3 is 12.1 Å². The van der Waals surface area contributed by atoms with E-state index in [-0.39, 0.29) is 24.2 Å². The highest BCUT2D eigenvalue weighted by Gasteiger charge is 2.42. The van der Waals surface area contributed by atoms with Gasteiger partial charge in [0, 0.05) is 13.1 Å². The number of nitrogens with zero attached hydrogens (tertiary/aromatic N) is 3. The third kappa shape index (κ3) is 7.18. The van der Waals surface area contributed by atoms with Gasteiger partial charge in [-0.2, -0.15) is 13.2 Å². The maximum atomic E-state index is 12.7. The molecule has 0 aliphatic carbocycles. The smallest absolute Gasteiger partial charge is 0.475 e. The highest BCUT2D eigenvalue weighted by atomic mass is 19.4. The number of aryl methyl sites for hydroxylation is 1. The van der Waals surface area contributed by atoms with Crippen molar-refractivity contribution >= 4 is 11.9 Å². The van der Waals surface area contributed by atoms with Gasteiger partial charge in [-0.15, -0.1) is 0 Å². The van der Waals surface area contributed by atoms with Gasteiger partial charge in [0.2, 0.25) is 0 Å². The summed E-state index contributed by atoms with van der Waals surface area (Å²) in [6.45, 7) is 4.77. The number of fused-ring (bicyclic) bond motifs is 1. The number of alkyl halides is 3. The Labute approximate surface area is 178 Å². The van der Waals surface area contributed by atoms with Crippen LogP contribution in [0.3, 0.4) is 0 Å². The second-order valence-electron chi connectivity index (χ2n) is 7.71. The van der Waals surface area contributed by atoms with E-state index < -0.39 is 12.1 Å². The topological polar surface area (TPSA) is 105 Å². The molecule has 0 unspecified atom stereocenters. The van der Waals surface area contributed by atoms with Gasteiger partial charge in [-0.05, 0) is 40.3 Å². The number of aliphatic carboxylic acids is 1. The van der Waals surface area contributed by atoms with E-state index in [1.807, 2.05) is 19.0 Å². The number of aromatic nitrogens is 1. The number of halogens is 3. The van der Waals surface area contributed by atoms with Gasteiger partial charge in [-0.1, -0.05) is 5.16 Å². The summed E-state index contributed by atoms with van der Waals surface area (Å²) in [5, 5.41) is 10.8. The van der Waals surface area contributed by atoms with E-state index in [0.29, 0.717) is 17.9 Å². The second kappa shape index (κ2) is 10.9. The molecule has 3 atom stereocenters. The number of hydrogen-bond acceptors (Lipinski definition) is 7. The summed E-state index contributed by atoms with van der Waals surface area (Å²) in [6, 6.07) is 0.157. The zero-order chi connectivity index (χ0) is 23.2. The minimum atomic E-state index is -5.08. The van der Waals surface area contributed by atoms with Gasteiger partial charge in [0.15, 0.2) is 0 Å². The first kappa shape index (κ1) is 25.1. The van der Waals surface area contributed by atoms with E-state index >= 15 is 0 Å². The number of carbonyl (C=O) groups is 2. The molecule has 2 saturated heterocycles. The molecule has 1 aromatic heterocycles. The van der Waals surface area contributed by atoms with E-state index in [9.17, 15) is 18.0 Å². The summed E-state index contributed by atoms with van der Waals surface area (Å²) in [5.41, 5.74) is 0.560. The maximum Gasteiger partial charge on any atom is 0.490 e. The number of ether oxygens (including phenoxy) is 2. The molecule has 2 aliphatic heterocycles. The van der Waals surface area contributed by atoms with Gasteiger partial charge < -0.3 is 28.9 Å². The molecule has 3 rings (SSSR count). The number of amides is 1. The summed E-state index contributed by atoms with van der Waals surface area (Å²) >= 11 is 0. The fraction of sp³-hybridized carbons (Fsp3) is 0.737. The van der Waals surface area contributed by atoms with Crippen LogP contribution in [0.4, 0.5) is 13.2 Å². The van der Waals surface area contributed by atoms with Crippen LogP contribution in [0.1, 0.15) is 35.4 Å². The molecule has 0 radical (unpaired) electrons. The average molecular weight is 451 g/mol. The van der Waals surface area contributed by atoms with Crippen LogP contribution in [0.25, 0.3) is 0 Å². The zero-order valence-electron chi connectivity index (χ0n) is 17.7. The van der Waals surface area contributed by atoms with Crippen molar-refractivity contribution in [2.45, 2.75) is 50.6 Å². The summed E-state index contributed by atoms with van der Waals surface area (Å²) in [7, 11) is 4.07. The van der Waals surface area contributed by atoms with Gasteiger partial charge in [0.25, 0.3) is 5.91 Å². The molecular formula is C19H28F3N3O6. The SMILES string of the molecule is Cc1oncc1C(=O)N1CC[C@@H]2O[C@@H](COCCN(C)C)CC[C@@H]21.O=C(O)C(F)(F)F. The lowest BCUT2D eigenvalue weighted by Crippen LogP contribution is -2.46. The molecule has 0 bridgehead atoms. The van der Waals surface area contributed by atoms with Crippen molar-refractivity contribution < 1.29 is 41.9 Å². The normalized spacial score (nSPS) is 23.3. The Bertz CT molecular complexity index is 740. The monoisotopic (exact) mass is 451 g/mol. The molecule has 2 aliphatic rings. The Morgan fingerprint density at radius 2 is 2.00 bits per heavy atom. The molecule has 12 heteroatoms. The van der Waals surface area contributed by atoms with Crippen LogP contribution in [0, 0.1) is 6.92 Å². The fourth-order valence-corrected chi connectivity index (χ4v) is 3.49. The van der Waals surface area contributed by atoms with E-state index in [1.54, 1.807) is 6.92 Å². The van der Waals surface area contributed by atoms with Crippen LogP contribution in [0.5, 0.6) is 0 Å². The van der Waals surface area contributed by atoms with Crippen molar-refractivity contribution in [1.29, 1.82) is 0 Å². The molecule has 9 nitrogen and oxygen atoms in total. The van der Waals surface area contributed by atoms with Crippen LogP contribution >= 0.6 is 0 Å². The second-order valence-corrected chi connectivity index (χ2v) is 7.71. The molecule has 1 amide bonds. The van der Waals surface area contributed by atoms with E-state index in [4.69, 9.17) is 23.9 Å². The van der Waals surface area contributed by atoms with Crippen LogP contribution in [0.2, 0.25) is 0 Å². The Morgan fingerprint density at radius 1 is 1.32 bits per heavy atom. The number of likely N-dealkylation sites (N-methyl/N-ethyl adjacent to an activating group) is 1. The average Bonchev–Trinajstić information content (AvgIpc) is 3.30. The molecular weight excluding hydrogens is 423 g/mol. The fourth-order valence-electron chi connectivity index (χ4n) is 3.49. The Hall–Kier alpha value is -2.18. The van der Waals surface area contributed by atoms with Crippen molar-refractivity contribution in [2.24, 2.45) is 0 Å². The molecule has 1 aromatic rings. The summed E-state index contributed by atoms with van der Waals surface area (Å²) in [4.78, 5) is 25.6. The van der Waals surface area contributed by atoms with E-state index in [1.165, 1.54) is 6.20 Å². The number of carboxylic acids is 1. The van der Waals surface area contributed by atoms with Crippen molar-refractivity contribution in [3.8, 4) is 0 Å². The summed E-state index contributed by atoms with van der Waals surface area (Å²) in [6.07, 6.45) is -0.547. The Kier molecular flexibility index (Phi) is 8.83. The van der Waals surface area contributed by atoms with Crippen LogP contribution in [-0.2, 0) is 14.3 Å². The molecule has 0 saturated carbocycles. The lowest BCUT2D eigenvalue weighted by atomic mass is 9.99. The van der Waals surface area contributed by atoms with Crippen LogP contribution in [0.15, 0.2) is 10.7 Å². The van der Waals surface area contributed by atoms with Gasteiger partial charge in [-0.3, -0.25) is 4.79 Å². The van der Waals surface area contributed by atoms with E-state index in [2.05, 4.69) is 10.1 Å². The molecule has 0 aromatic carbocycles. The number of hydrogen-bond donors (Lipinski definition) is 1. The number of likely N-dealkylation sites (tertiary alicyclic amines) is 1. The standard InChI is InChI=1S/C17H27N3O4.C2HF3O2/c1-12-14(10-18-24-12)17(21)20-7-6-16-15(20)5-4-13(23-16)11-22-9-8-19(2)3;3-2(4,5)1(6)7/h10,13,15-16H,4-9,11H2,1-3H3;(H,6,7)/t13-,15+,16+;/m1./s1. The minimum absolute atomic E-state index is 0.00512. The lowest BCUT2D eigenvalue weighted by Gasteiger charge is -2.35. The predicted octanol–water partition coefficient (Wildman–Crippen LogP) is 1.96. The third-order valence-electron chi connectivity index (χ3n) is 5.11. The molecule has 31 heavy (non-hydrogen) atoms. The first-order chi connectivity index (χ1) is 14.5. The van der Waals surface area contributed by atoms with Crippen molar-refractivity contribution in [1.82, 2.24) is 15.0 Å². The van der Waals surface area contributed by atoms with Gasteiger partial charge in [-0.25, -0.2) is 4.79 Å². The highest BCUT2D eigenvalue weighted by Crippen LogP contribution is 2.32. The largest absolute Gasteiger partial charge is 0.490 e. The maximum absolute atomic E-state index is 12.7. The Balaban J connectivity index is 0.000000423. The third-order valence-corrected chi connectivity index (χ3v) is 5.11. The summed E-state index contributed by atoms with van der Waals surface area (Å²) < 4.78 is 48.6. The summed E-state index contributed by atoms with van der Waals surface area (Å²) in [5.74, 6) is -2.18. The quantitative estimate of drug-likeness (QED) is 0.655. The first-order valence-corrected chi connectivity index (χ1v) is 9.91. The zero-order valence-corrected chi connectivity index (χ0v) is 17.7. The molecule has 176 valence electrons. The van der Waals surface area contributed by atoms with Crippen molar-refractivity contribution in [3.63, 3.8) is 0 Å². The molecule has 1 N–H and O–H groups in total. The number of carbonyl (C=O) groups excluding carboxylic acids is 1. The highest BCUT2D eigenvalue weighted by molar-refractivity contribution is 5.95. The minimum Gasteiger partial charge on any atom is -0.475 e. The first-order valence-electron chi connectivity index (χ1n) is 9.91. The van der Waals surface area contributed by atoms with Crippen LogP contribution < -0.4 is 0 Å². The number of carboxylic acid groups (broad SMARTS) is 1. The Morgan fingerprint density at radius 3 is 2.55 bits per heavy atom. The molecule has 2 fully saturated rings. The van der Waals surface area contributed by atoms with Gasteiger partial charge in [0.05, 0.1) is 37.7 Å². The predicted molar refractivity (Wildman–Crippen MR) is 102 cm³/mol. The number of rotatable bonds is 6. The van der Waals surface area contributed by atoms with Crippen LogP contribution in [-0.4, -0.2) is 96.8 Å². The molecule has 3 heterocycles. The lowest BCUT2D eigenvalue weighted by molar-refractivity contribution is -0.192. The van der Waals surface area contributed by atoms with Gasteiger partial charge in [0.1, 0.15) is 11.3 Å².